The first-order chi connectivity index (χ1) is 12.3. The van der Waals surface area contributed by atoms with E-state index in [9.17, 15) is 9.59 Å². The number of aryl methyl sites for hydroxylation is 3. The molecule has 0 unspecified atom stereocenters. The molecule has 1 aromatic carbocycles. The number of hydrogen-bond donors (Lipinski definition) is 2. The molecule has 2 aromatic rings. The predicted octanol–water partition coefficient (Wildman–Crippen LogP) is 2.37. The second kappa shape index (κ2) is 8.47. The van der Waals surface area contributed by atoms with Gasteiger partial charge in [0.2, 0.25) is 5.91 Å². The molecule has 0 aliphatic carbocycles. The van der Waals surface area contributed by atoms with Gasteiger partial charge in [0.25, 0.3) is 5.91 Å². The third-order valence-electron chi connectivity index (χ3n) is 4.38. The van der Waals surface area contributed by atoms with Crippen molar-refractivity contribution in [2.45, 2.75) is 34.2 Å². The molecule has 0 aliphatic heterocycles. The maximum atomic E-state index is 12.1. The molecule has 1 aromatic heterocycles. The molecule has 2 rings (SSSR count). The number of nitrogens with one attached hydrogen (secondary N) is 2. The smallest absolute Gasteiger partial charge is 0.251 e. The Bertz CT molecular complexity index is 831. The standard InChI is InChI=1S/C20H25N3O3/c1-12-6-7-16(8-13(12)2)20(25)23-11-18(24)22-10-17-15(4)19(26-5)14(3)9-21-17/h6-9H,10-11H2,1-5H3,(H,22,24)(H,23,25). The summed E-state index contributed by atoms with van der Waals surface area (Å²) in [7, 11) is 1.61. The van der Waals surface area contributed by atoms with Crippen molar-refractivity contribution in [2.24, 2.45) is 0 Å². The topological polar surface area (TPSA) is 80.3 Å². The van der Waals surface area contributed by atoms with Crippen molar-refractivity contribution < 1.29 is 14.3 Å². The maximum Gasteiger partial charge on any atom is 0.251 e. The van der Waals surface area contributed by atoms with E-state index >= 15 is 0 Å². The number of pyridine rings is 1. The highest BCUT2D eigenvalue weighted by Crippen LogP contribution is 2.23. The van der Waals surface area contributed by atoms with Crippen LogP contribution in [0.15, 0.2) is 24.4 Å². The predicted molar refractivity (Wildman–Crippen MR) is 100 cm³/mol. The van der Waals surface area contributed by atoms with Gasteiger partial charge in [0.1, 0.15) is 5.75 Å². The van der Waals surface area contributed by atoms with Crippen molar-refractivity contribution in [3.63, 3.8) is 0 Å². The monoisotopic (exact) mass is 355 g/mol. The number of carbonyl (C=O) groups is 2. The van der Waals surface area contributed by atoms with Crippen LogP contribution in [0, 0.1) is 27.7 Å². The van der Waals surface area contributed by atoms with Crippen LogP contribution in [0.1, 0.15) is 38.3 Å². The van der Waals surface area contributed by atoms with Gasteiger partial charge in [-0.15, -0.1) is 0 Å². The van der Waals surface area contributed by atoms with Crippen molar-refractivity contribution in [2.75, 3.05) is 13.7 Å². The van der Waals surface area contributed by atoms with Gasteiger partial charge < -0.3 is 15.4 Å². The second-order valence-corrected chi connectivity index (χ2v) is 6.30. The molecule has 0 saturated carbocycles. The summed E-state index contributed by atoms with van der Waals surface area (Å²) in [6, 6.07) is 5.46. The van der Waals surface area contributed by atoms with Crippen LogP contribution < -0.4 is 15.4 Å². The Morgan fingerprint density at radius 1 is 1.04 bits per heavy atom. The summed E-state index contributed by atoms with van der Waals surface area (Å²) in [4.78, 5) is 28.5. The Hall–Kier alpha value is -2.89. The molecule has 0 radical (unpaired) electrons. The summed E-state index contributed by atoms with van der Waals surface area (Å²) >= 11 is 0. The SMILES string of the molecule is COc1c(C)cnc(CNC(=O)CNC(=O)c2ccc(C)c(C)c2)c1C. The van der Waals surface area contributed by atoms with Crippen molar-refractivity contribution in [3.8, 4) is 5.75 Å². The zero-order chi connectivity index (χ0) is 19.3. The van der Waals surface area contributed by atoms with Crippen LogP contribution >= 0.6 is 0 Å². The lowest BCUT2D eigenvalue weighted by molar-refractivity contribution is -0.120. The molecule has 0 atom stereocenters. The highest BCUT2D eigenvalue weighted by atomic mass is 16.5. The van der Waals surface area contributed by atoms with Crippen molar-refractivity contribution in [1.29, 1.82) is 0 Å². The van der Waals surface area contributed by atoms with Gasteiger partial charge in [0.05, 0.1) is 25.9 Å². The lowest BCUT2D eigenvalue weighted by Crippen LogP contribution is -2.36. The van der Waals surface area contributed by atoms with Gasteiger partial charge in [-0.2, -0.15) is 0 Å². The molecule has 6 nitrogen and oxygen atoms in total. The van der Waals surface area contributed by atoms with Gasteiger partial charge >= 0.3 is 0 Å². The molecule has 1 heterocycles. The van der Waals surface area contributed by atoms with Crippen LogP contribution in [0.25, 0.3) is 0 Å². The van der Waals surface area contributed by atoms with Gasteiger partial charge in [-0.05, 0) is 51.0 Å². The number of hydrogen-bond acceptors (Lipinski definition) is 4. The molecule has 2 amide bonds. The van der Waals surface area contributed by atoms with Gasteiger partial charge in [-0.1, -0.05) is 6.07 Å². The van der Waals surface area contributed by atoms with Gasteiger partial charge in [-0.3, -0.25) is 14.6 Å². The number of methoxy groups -OCH3 is 1. The molecule has 0 fully saturated rings. The highest BCUT2D eigenvalue weighted by molar-refractivity contribution is 5.96. The zero-order valence-corrected chi connectivity index (χ0v) is 15.9. The highest BCUT2D eigenvalue weighted by Gasteiger charge is 2.12. The fourth-order valence-corrected chi connectivity index (χ4v) is 2.64. The number of nitrogens with zero attached hydrogens (tertiary/aromatic N) is 1. The van der Waals surface area contributed by atoms with Crippen molar-refractivity contribution in [3.05, 3.63) is 57.9 Å². The largest absolute Gasteiger partial charge is 0.496 e. The van der Waals surface area contributed by atoms with Crippen LogP contribution in [-0.4, -0.2) is 30.5 Å². The van der Waals surface area contributed by atoms with Gasteiger partial charge in [-0.25, -0.2) is 0 Å². The fourth-order valence-electron chi connectivity index (χ4n) is 2.64. The van der Waals surface area contributed by atoms with E-state index < -0.39 is 0 Å². The lowest BCUT2D eigenvalue weighted by Gasteiger charge is -2.13. The summed E-state index contributed by atoms with van der Waals surface area (Å²) in [5.74, 6) is 0.227. The van der Waals surface area contributed by atoms with Crippen molar-refractivity contribution >= 4 is 11.8 Å². The Morgan fingerprint density at radius 2 is 1.77 bits per heavy atom. The minimum Gasteiger partial charge on any atom is -0.496 e. The molecule has 6 heteroatoms. The average Bonchev–Trinajstić information content (AvgIpc) is 2.61. The van der Waals surface area contributed by atoms with E-state index in [1.54, 1.807) is 19.4 Å². The third kappa shape index (κ3) is 4.59. The molecular formula is C20H25N3O3. The van der Waals surface area contributed by atoms with E-state index in [1.165, 1.54) is 0 Å². The zero-order valence-electron chi connectivity index (χ0n) is 15.9. The molecule has 0 saturated heterocycles. The summed E-state index contributed by atoms with van der Waals surface area (Å²) in [5.41, 5.74) is 5.28. The van der Waals surface area contributed by atoms with E-state index in [-0.39, 0.29) is 24.9 Å². The van der Waals surface area contributed by atoms with E-state index in [4.69, 9.17) is 4.74 Å². The Labute approximate surface area is 154 Å². The van der Waals surface area contributed by atoms with Crippen LogP contribution in [0.3, 0.4) is 0 Å². The number of ether oxygens (including phenoxy) is 1. The molecule has 0 bridgehead atoms. The van der Waals surface area contributed by atoms with E-state index in [0.29, 0.717) is 5.56 Å². The molecule has 0 aliphatic rings. The van der Waals surface area contributed by atoms with Crippen LogP contribution in [-0.2, 0) is 11.3 Å². The molecular weight excluding hydrogens is 330 g/mol. The van der Waals surface area contributed by atoms with Gasteiger partial charge in [0, 0.05) is 22.9 Å². The third-order valence-corrected chi connectivity index (χ3v) is 4.38. The fraction of sp³-hybridized carbons (Fsp3) is 0.350. The Balaban J connectivity index is 1.89. The van der Waals surface area contributed by atoms with Gasteiger partial charge in [0.15, 0.2) is 0 Å². The molecule has 2 N–H and O–H groups in total. The number of benzene rings is 1. The first-order valence-corrected chi connectivity index (χ1v) is 8.44. The van der Waals surface area contributed by atoms with E-state index in [1.807, 2.05) is 39.8 Å². The molecule has 0 spiro atoms. The summed E-state index contributed by atoms with van der Waals surface area (Å²) in [6.45, 7) is 7.95. The Morgan fingerprint density at radius 3 is 2.42 bits per heavy atom. The number of rotatable bonds is 6. The number of aromatic nitrogens is 1. The molecule has 138 valence electrons. The first kappa shape index (κ1) is 19.4. The summed E-state index contributed by atoms with van der Waals surface area (Å²) < 4.78 is 5.36. The lowest BCUT2D eigenvalue weighted by atomic mass is 10.1. The normalized spacial score (nSPS) is 10.3. The number of amides is 2. The summed E-state index contributed by atoms with van der Waals surface area (Å²) in [6.07, 6.45) is 1.72. The molecule has 26 heavy (non-hydrogen) atoms. The average molecular weight is 355 g/mol. The quantitative estimate of drug-likeness (QED) is 0.834. The first-order valence-electron chi connectivity index (χ1n) is 8.44. The van der Waals surface area contributed by atoms with Crippen LogP contribution in [0.2, 0.25) is 0 Å². The second-order valence-electron chi connectivity index (χ2n) is 6.30. The minimum atomic E-state index is -0.275. The maximum absolute atomic E-state index is 12.1. The van der Waals surface area contributed by atoms with Crippen LogP contribution in [0.5, 0.6) is 5.75 Å². The van der Waals surface area contributed by atoms with Crippen LogP contribution in [0.4, 0.5) is 0 Å². The van der Waals surface area contributed by atoms with E-state index in [2.05, 4.69) is 15.6 Å². The minimum absolute atomic E-state index is 0.0895. The van der Waals surface area contributed by atoms with Crippen molar-refractivity contribution in [1.82, 2.24) is 15.6 Å². The van der Waals surface area contributed by atoms with E-state index in [0.717, 1.165) is 33.7 Å². The summed E-state index contributed by atoms with van der Waals surface area (Å²) in [5, 5.41) is 5.40. The Kier molecular flexibility index (Phi) is 6.33. The number of carbonyl (C=O) groups excluding carboxylic acids is 2.